The molecule has 2 N–H and O–H groups in total. The highest BCUT2D eigenvalue weighted by molar-refractivity contribution is 7.89. The van der Waals surface area contributed by atoms with E-state index in [4.69, 9.17) is 5.14 Å². The predicted molar refractivity (Wildman–Crippen MR) is 70.4 cm³/mol. The predicted octanol–water partition coefficient (Wildman–Crippen LogP) is 0.643. The number of primary sulfonamides is 1. The van der Waals surface area contributed by atoms with E-state index < -0.39 is 10.0 Å². The van der Waals surface area contributed by atoms with Gasteiger partial charge in [0.2, 0.25) is 10.0 Å². The van der Waals surface area contributed by atoms with E-state index in [0.717, 1.165) is 25.2 Å². The standard InChI is InChI=1S/C12H19N3O2S/c1-10-6-11(8-14-7-10)9-15-4-2-12(3-5-15)18(13,16)17/h6-8,12H,2-5,9H2,1H3,(H2,13,16,17). The van der Waals surface area contributed by atoms with Gasteiger partial charge < -0.3 is 0 Å². The molecule has 100 valence electrons. The maximum Gasteiger partial charge on any atom is 0.212 e. The van der Waals surface area contributed by atoms with Gasteiger partial charge in [0.05, 0.1) is 5.25 Å². The highest BCUT2D eigenvalue weighted by atomic mass is 32.2. The molecule has 0 unspecified atom stereocenters. The lowest BCUT2D eigenvalue weighted by Gasteiger charge is -2.30. The molecule has 1 aromatic heterocycles. The molecule has 2 rings (SSSR count). The molecule has 18 heavy (non-hydrogen) atoms. The summed E-state index contributed by atoms with van der Waals surface area (Å²) in [4.78, 5) is 6.41. The van der Waals surface area contributed by atoms with Crippen LogP contribution >= 0.6 is 0 Å². The van der Waals surface area contributed by atoms with E-state index in [9.17, 15) is 8.42 Å². The van der Waals surface area contributed by atoms with E-state index in [-0.39, 0.29) is 5.25 Å². The number of hydrogen-bond acceptors (Lipinski definition) is 4. The summed E-state index contributed by atoms with van der Waals surface area (Å²) in [5.74, 6) is 0. The normalized spacial score (nSPS) is 19.0. The Hall–Kier alpha value is -0.980. The van der Waals surface area contributed by atoms with Gasteiger partial charge in [-0.2, -0.15) is 0 Å². The van der Waals surface area contributed by atoms with Crippen LogP contribution in [-0.2, 0) is 16.6 Å². The molecule has 1 saturated heterocycles. The van der Waals surface area contributed by atoms with Gasteiger partial charge in [0.25, 0.3) is 0 Å². The largest absolute Gasteiger partial charge is 0.299 e. The molecule has 5 nitrogen and oxygen atoms in total. The fraction of sp³-hybridized carbons (Fsp3) is 0.583. The first-order valence-electron chi connectivity index (χ1n) is 6.09. The first-order chi connectivity index (χ1) is 8.45. The lowest BCUT2D eigenvalue weighted by atomic mass is 10.1. The average molecular weight is 269 g/mol. The molecule has 1 aromatic rings. The van der Waals surface area contributed by atoms with Gasteiger partial charge in [-0.3, -0.25) is 9.88 Å². The van der Waals surface area contributed by atoms with Crippen LogP contribution in [0.1, 0.15) is 24.0 Å². The highest BCUT2D eigenvalue weighted by Crippen LogP contribution is 2.17. The Balaban J connectivity index is 1.91. The third-order valence-electron chi connectivity index (χ3n) is 3.34. The van der Waals surface area contributed by atoms with Gasteiger partial charge in [-0.05, 0) is 44.0 Å². The number of hydrogen-bond donors (Lipinski definition) is 1. The van der Waals surface area contributed by atoms with Gasteiger partial charge >= 0.3 is 0 Å². The third kappa shape index (κ3) is 3.51. The molecule has 0 atom stereocenters. The summed E-state index contributed by atoms with van der Waals surface area (Å²) in [5, 5.41) is 4.80. The molecule has 1 fully saturated rings. The molecule has 6 heteroatoms. The van der Waals surface area contributed by atoms with Crippen LogP contribution in [0.2, 0.25) is 0 Å². The number of sulfonamides is 1. The van der Waals surface area contributed by atoms with Gasteiger partial charge in [0.1, 0.15) is 0 Å². The summed E-state index contributed by atoms with van der Waals surface area (Å²) >= 11 is 0. The Morgan fingerprint density at radius 3 is 2.61 bits per heavy atom. The molecule has 0 saturated carbocycles. The van der Waals surface area contributed by atoms with Crippen molar-refractivity contribution in [1.29, 1.82) is 0 Å². The Morgan fingerprint density at radius 1 is 1.39 bits per heavy atom. The van der Waals surface area contributed by atoms with Gasteiger partial charge in [-0.25, -0.2) is 13.6 Å². The summed E-state index contributed by atoms with van der Waals surface area (Å²) in [6, 6.07) is 2.11. The van der Waals surface area contributed by atoms with Crippen molar-refractivity contribution in [3.63, 3.8) is 0 Å². The number of likely N-dealkylation sites (tertiary alicyclic amines) is 1. The topological polar surface area (TPSA) is 76.3 Å². The Bertz CT molecular complexity index is 508. The maximum atomic E-state index is 11.2. The fourth-order valence-electron chi connectivity index (χ4n) is 2.36. The number of nitrogens with zero attached hydrogens (tertiary/aromatic N) is 2. The quantitative estimate of drug-likeness (QED) is 0.874. The highest BCUT2D eigenvalue weighted by Gasteiger charge is 2.26. The lowest BCUT2D eigenvalue weighted by Crippen LogP contribution is -2.41. The van der Waals surface area contributed by atoms with E-state index in [1.165, 1.54) is 5.56 Å². The zero-order chi connectivity index (χ0) is 13.2. The molecule has 1 aliphatic heterocycles. The van der Waals surface area contributed by atoms with Crippen LogP contribution in [0.4, 0.5) is 0 Å². The van der Waals surface area contributed by atoms with Crippen LogP contribution in [0.5, 0.6) is 0 Å². The molecule has 0 aliphatic carbocycles. The second kappa shape index (κ2) is 5.34. The minimum absolute atomic E-state index is 0.371. The minimum atomic E-state index is -3.37. The molecule has 0 bridgehead atoms. The number of aromatic nitrogens is 1. The summed E-state index contributed by atoms with van der Waals surface area (Å²) in [5.41, 5.74) is 2.32. The van der Waals surface area contributed by atoms with Gasteiger partial charge in [0, 0.05) is 18.9 Å². The van der Waals surface area contributed by atoms with Crippen molar-refractivity contribution in [1.82, 2.24) is 9.88 Å². The Kier molecular flexibility index (Phi) is 3.99. The summed E-state index contributed by atoms with van der Waals surface area (Å²) in [7, 11) is -3.37. The third-order valence-corrected chi connectivity index (χ3v) is 4.74. The SMILES string of the molecule is Cc1cncc(CN2CCC(S(N)(=O)=O)CC2)c1. The van der Waals surface area contributed by atoms with E-state index in [1.54, 1.807) is 0 Å². The van der Waals surface area contributed by atoms with Gasteiger partial charge in [-0.1, -0.05) is 6.07 Å². The van der Waals surface area contributed by atoms with Crippen molar-refractivity contribution in [2.75, 3.05) is 13.1 Å². The van der Waals surface area contributed by atoms with Crippen molar-refractivity contribution in [2.24, 2.45) is 5.14 Å². The molecule has 0 spiro atoms. The fourth-order valence-corrected chi connectivity index (χ4v) is 3.23. The monoisotopic (exact) mass is 269 g/mol. The van der Waals surface area contributed by atoms with Crippen molar-refractivity contribution in [3.05, 3.63) is 29.6 Å². The van der Waals surface area contributed by atoms with Gasteiger partial charge in [0.15, 0.2) is 0 Å². The molecular formula is C12H19N3O2S. The van der Waals surface area contributed by atoms with Crippen LogP contribution < -0.4 is 5.14 Å². The van der Waals surface area contributed by atoms with Gasteiger partial charge in [-0.15, -0.1) is 0 Å². The van der Waals surface area contributed by atoms with E-state index in [2.05, 4.69) is 16.0 Å². The lowest BCUT2D eigenvalue weighted by molar-refractivity contribution is 0.222. The zero-order valence-electron chi connectivity index (χ0n) is 10.5. The molecule has 2 heterocycles. The Labute approximate surface area is 108 Å². The molecule has 1 aliphatic rings. The summed E-state index contributed by atoms with van der Waals surface area (Å²) < 4.78 is 22.5. The first kappa shape index (κ1) is 13.5. The molecular weight excluding hydrogens is 250 g/mol. The second-order valence-electron chi connectivity index (χ2n) is 4.94. The van der Waals surface area contributed by atoms with E-state index >= 15 is 0 Å². The van der Waals surface area contributed by atoms with Crippen molar-refractivity contribution >= 4 is 10.0 Å². The van der Waals surface area contributed by atoms with E-state index in [1.807, 2.05) is 19.3 Å². The molecule has 0 aromatic carbocycles. The van der Waals surface area contributed by atoms with Crippen molar-refractivity contribution in [2.45, 2.75) is 31.6 Å². The molecule has 0 radical (unpaired) electrons. The minimum Gasteiger partial charge on any atom is -0.299 e. The van der Waals surface area contributed by atoms with Crippen LogP contribution in [0.25, 0.3) is 0 Å². The average Bonchev–Trinajstić information content (AvgIpc) is 2.28. The zero-order valence-corrected chi connectivity index (χ0v) is 11.4. The smallest absolute Gasteiger partial charge is 0.212 e. The second-order valence-corrected chi connectivity index (χ2v) is 6.78. The van der Waals surface area contributed by atoms with Crippen LogP contribution in [0, 0.1) is 6.92 Å². The number of pyridine rings is 1. The summed E-state index contributed by atoms with van der Waals surface area (Å²) in [6.07, 6.45) is 4.94. The summed E-state index contributed by atoms with van der Waals surface area (Å²) in [6.45, 7) is 4.39. The van der Waals surface area contributed by atoms with Crippen molar-refractivity contribution < 1.29 is 8.42 Å². The first-order valence-corrected chi connectivity index (χ1v) is 7.70. The van der Waals surface area contributed by atoms with Crippen LogP contribution in [-0.4, -0.2) is 36.6 Å². The van der Waals surface area contributed by atoms with Crippen LogP contribution in [0.15, 0.2) is 18.5 Å². The van der Waals surface area contributed by atoms with E-state index in [0.29, 0.717) is 12.8 Å². The number of piperidine rings is 1. The maximum absolute atomic E-state index is 11.2. The van der Waals surface area contributed by atoms with Crippen LogP contribution in [0.3, 0.4) is 0 Å². The van der Waals surface area contributed by atoms with Crippen molar-refractivity contribution in [3.8, 4) is 0 Å². The number of nitrogens with two attached hydrogens (primary N) is 1. The molecule has 0 amide bonds. The number of rotatable bonds is 3. The Morgan fingerprint density at radius 2 is 2.06 bits per heavy atom. The number of aryl methyl sites for hydroxylation is 1.